The van der Waals surface area contributed by atoms with Gasteiger partial charge in [0.1, 0.15) is 5.78 Å². The molecule has 1 aliphatic rings. The van der Waals surface area contributed by atoms with Gasteiger partial charge >= 0.3 is 6.18 Å². The van der Waals surface area contributed by atoms with Crippen LogP contribution >= 0.6 is 0 Å². The third-order valence-corrected chi connectivity index (χ3v) is 8.89. The van der Waals surface area contributed by atoms with E-state index in [-0.39, 0.29) is 23.5 Å². The summed E-state index contributed by atoms with van der Waals surface area (Å²) in [5.41, 5.74) is 2.45. The topological polar surface area (TPSA) is 79.4 Å². The number of carbonyl (C=O) groups is 1. The summed E-state index contributed by atoms with van der Waals surface area (Å²) in [6.45, 7) is 2.64. The van der Waals surface area contributed by atoms with Crippen LogP contribution in [0.4, 0.5) is 18.9 Å². The van der Waals surface area contributed by atoms with Crippen molar-refractivity contribution in [2.75, 3.05) is 17.8 Å². The molecular formula is C33H32F3N3O3S. The van der Waals surface area contributed by atoms with E-state index in [1.54, 1.807) is 36.7 Å². The highest BCUT2D eigenvalue weighted by atomic mass is 32.2. The summed E-state index contributed by atoms with van der Waals surface area (Å²) in [7, 11) is -4.42. The SMILES string of the molecule is O=C(CCc1cccnc1)Cc1ccc(NS(=O)(=O)c2cc(C(F)(F)F)ccc2-c2cccc(CN3CCCC3)c2)cc1. The molecule has 0 bridgehead atoms. The maximum atomic E-state index is 13.7. The molecule has 43 heavy (non-hydrogen) atoms. The Hall–Kier alpha value is -4.02. The number of aryl methyl sites for hydroxylation is 1. The first kappa shape index (κ1) is 30.4. The van der Waals surface area contributed by atoms with Crippen molar-refractivity contribution < 1.29 is 26.4 Å². The maximum absolute atomic E-state index is 13.7. The monoisotopic (exact) mass is 607 g/mol. The molecule has 0 unspecified atom stereocenters. The van der Waals surface area contributed by atoms with E-state index in [1.807, 2.05) is 24.3 Å². The number of likely N-dealkylation sites (tertiary alicyclic amines) is 1. The number of hydrogen-bond acceptors (Lipinski definition) is 5. The Kier molecular flexibility index (Phi) is 9.27. The lowest BCUT2D eigenvalue weighted by atomic mass is 10.0. The van der Waals surface area contributed by atoms with Crippen LogP contribution in [0.25, 0.3) is 11.1 Å². The van der Waals surface area contributed by atoms with Crippen LogP contribution < -0.4 is 4.72 Å². The highest BCUT2D eigenvalue weighted by molar-refractivity contribution is 7.92. The van der Waals surface area contributed by atoms with Crippen LogP contribution in [0.1, 0.15) is 41.5 Å². The van der Waals surface area contributed by atoms with Crippen molar-refractivity contribution >= 4 is 21.5 Å². The van der Waals surface area contributed by atoms with E-state index >= 15 is 0 Å². The standard InChI is InChI=1S/C33H32F3N3O3S/c34-33(35,36)28-11-15-31(27-7-3-5-26(19-27)23-39-17-1-2-18-39)32(21-28)43(41,42)38-29-12-8-24(9-13-29)20-30(40)14-10-25-6-4-16-37-22-25/h3-9,11-13,15-16,19,21-22,38H,1-2,10,14,17-18,20,23H2. The van der Waals surface area contributed by atoms with Crippen LogP contribution in [-0.2, 0) is 40.4 Å². The molecule has 0 radical (unpaired) electrons. The molecule has 6 nitrogen and oxygen atoms in total. The van der Waals surface area contributed by atoms with Crippen molar-refractivity contribution in [1.29, 1.82) is 0 Å². The Morgan fingerprint density at radius 3 is 2.33 bits per heavy atom. The summed E-state index contributed by atoms with van der Waals surface area (Å²) in [4.78, 5) is 18.3. The van der Waals surface area contributed by atoms with Crippen molar-refractivity contribution in [2.45, 2.75) is 49.7 Å². The first-order valence-corrected chi connectivity index (χ1v) is 15.6. The fourth-order valence-corrected chi connectivity index (χ4v) is 6.56. The fourth-order valence-electron chi connectivity index (χ4n) is 5.24. The van der Waals surface area contributed by atoms with Gasteiger partial charge in [0.15, 0.2) is 0 Å². The molecule has 0 amide bonds. The zero-order chi connectivity index (χ0) is 30.5. The molecule has 10 heteroatoms. The van der Waals surface area contributed by atoms with E-state index in [0.717, 1.165) is 43.1 Å². The number of pyridine rings is 1. The summed E-state index contributed by atoms with van der Waals surface area (Å²) in [5.74, 6) is 0.0257. The van der Waals surface area contributed by atoms with Gasteiger partial charge < -0.3 is 0 Å². The van der Waals surface area contributed by atoms with Gasteiger partial charge in [0.05, 0.1) is 10.5 Å². The normalized spacial score (nSPS) is 14.1. The van der Waals surface area contributed by atoms with E-state index in [4.69, 9.17) is 0 Å². The van der Waals surface area contributed by atoms with E-state index < -0.39 is 26.7 Å². The molecule has 0 spiro atoms. The number of anilines is 1. The number of nitrogens with zero attached hydrogens (tertiary/aromatic N) is 2. The van der Waals surface area contributed by atoms with E-state index in [2.05, 4.69) is 14.6 Å². The Balaban J connectivity index is 1.35. The summed E-state index contributed by atoms with van der Waals surface area (Å²) >= 11 is 0. The average molecular weight is 608 g/mol. The fraction of sp³-hybridized carbons (Fsp3) is 0.273. The second-order valence-corrected chi connectivity index (χ2v) is 12.4. The number of sulfonamides is 1. The first-order chi connectivity index (χ1) is 20.6. The molecule has 1 saturated heterocycles. The summed E-state index contributed by atoms with van der Waals surface area (Å²) in [5, 5.41) is 0. The van der Waals surface area contributed by atoms with Gasteiger partial charge in [0.2, 0.25) is 0 Å². The molecule has 1 aliphatic heterocycles. The van der Waals surface area contributed by atoms with Gasteiger partial charge in [-0.2, -0.15) is 13.2 Å². The van der Waals surface area contributed by atoms with Crippen LogP contribution in [0.2, 0.25) is 0 Å². The smallest absolute Gasteiger partial charge is 0.299 e. The van der Waals surface area contributed by atoms with E-state index in [1.165, 1.54) is 18.2 Å². The van der Waals surface area contributed by atoms with Gasteiger partial charge in [-0.1, -0.05) is 42.5 Å². The minimum absolute atomic E-state index is 0.0257. The number of alkyl halides is 3. The molecule has 1 aromatic heterocycles. The molecule has 0 aliphatic carbocycles. The van der Waals surface area contributed by atoms with E-state index in [0.29, 0.717) is 36.6 Å². The van der Waals surface area contributed by atoms with Gasteiger partial charge in [-0.25, -0.2) is 8.42 Å². The number of carbonyl (C=O) groups excluding carboxylic acids is 1. The van der Waals surface area contributed by atoms with Gasteiger partial charge in [-0.15, -0.1) is 0 Å². The van der Waals surface area contributed by atoms with Crippen LogP contribution in [-0.4, -0.2) is 37.2 Å². The summed E-state index contributed by atoms with van der Waals surface area (Å²) in [6.07, 6.45) is 2.01. The maximum Gasteiger partial charge on any atom is 0.416 e. The quantitative estimate of drug-likeness (QED) is 0.201. The summed E-state index contributed by atoms with van der Waals surface area (Å²) < 4.78 is 70.6. The van der Waals surface area contributed by atoms with Crippen molar-refractivity contribution in [3.8, 4) is 11.1 Å². The minimum Gasteiger partial charge on any atom is -0.299 e. The summed E-state index contributed by atoms with van der Waals surface area (Å²) in [6, 6.07) is 20.1. The molecule has 2 heterocycles. The highest BCUT2D eigenvalue weighted by Crippen LogP contribution is 2.36. The molecule has 224 valence electrons. The number of ketones is 1. The predicted molar refractivity (Wildman–Crippen MR) is 160 cm³/mol. The van der Waals surface area contributed by atoms with Gasteiger partial charge in [0.25, 0.3) is 10.0 Å². The first-order valence-electron chi connectivity index (χ1n) is 14.1. The Morgan fingerprint density at radius 1 is 0.884 bits per heavy atom. The van der Waals surface area contributed by atoms with Gasteiger partial charge in [-0.3, -0.25) is 19.4 Å². The lowest BCUT2D eigenvalue weighted by Crippen LogP contribution is -2.18. The van der Waals surface area contributed by atoms with Crippen LogP contribution in [0.3, 0.4) is 0 Å². The molecule has 0 saturated carbocycles. The largest absolute Gasteiger partial charge is 0.416 e. The van der Waals surface area contributed by atoms with E-state index in [9.17, 15) is 26.4 Å². The number of halogens is 3. The predicted octanol–water partition coefficient (Wildman–Crippen LogP) is 6.91. The van der Waals surface area contributed by atoms with Crippen molar-refractivity contribution in [3.63, 3.8) is 0 Å². The van der Waals surface area contributed by atoms with Crippen molar-refractivity contribution in [2.24, 2.45) is 0 Å². The number of aromatic nitrogens is 1. The van der Waals surface area contributed by atoms with Crippen molar-refractivity contribution in [1.82, 2.24) is 9.88 Å². The third-order valence-electron chi connectivity index (χ3n) is 7.46. The second-order valence-electron chi connectivity index (χ2n) is 10.8. The molecule has 0 atom stereocenters. The molecule has 5 rings (SSSR count). The molecular weight excluding hydrogens is 575 g/mol. The molecule has 1 N–H and O–H groups in total. The van der Waals surface area contributed by atoms with Crippen molar-refractivity contribution in [3.05, 3.63) is 114 Å². The van der Waals surface area contributed by atoms with Gasteiger partial charge in [-0.05, 0) is 91.0 Å². The molecule has 4 aromatic rings. The number of rotatable bonds is 11. The van der Waals surface area contributed by atoms with Gasteiger partial charge in [0, 0.05) is 43.0 Å². The average Bonchev–Trinajstić information content (AvgIpc) is 3.50. The number of nitrogens with one attached hydrogen (secondary N) is 1. The molecule has 1 fully saturated rings. The zero-order valence-electron chi connectivity index (χ0n) is 23.5. The number of Topliss-reactive ketones (excluding diaryl/α,β-unsaturated/α-hetero) is 1. The minimum atomic E-state index is -4.72. The zero-order valence-corrected chi connectivity index (χ0v) is 24.3. The molecule has 3 aromatic carbocycles. The third kappa shape index (κ3) is 8.09. The second kappa shape index (κ2) is 13.1. The Morgan fingerprint density at radius 2 is 1.63 bits per heavy atom. The highest BCUT2D eigenvalue weighted by Gasteiger charge is 2.33. The van der Waals surface area contributed by atoms with Crippen LogP contribution in [0.5, 0.6) is 0 Å². The lowest BCUT2D eigenvalue weighted by molar-refractivity contribution is -0.137. The number of hydrogen-bond donors (Lipinski definition) is 1. The Bertz CT molecular complexity index is 1670. The van der Waals surface area contributed by atoms with Crippen LogP contribution in [0.15, 0.2) is 96.2 Å². The number of benzene rings is 3. The van der Waals surface area contributed by atoms with Crippen LogP contribution in [0, 0.1) is 0 Å². The Labute approximate surface area is 249 Å². The lowest BCUT2D eigenvalue weighted by Gasteiger charge is -2.18.